The highest BCUT2D eigenvalue weighted by molar-refractivity contribution is 5.94. The summed E-state index contributed by atoms with van der Waals surface area (Å²) in [5.41, 5.74) is 13.1. The number of imidazole rings is 2. The number of carbonyl (C=O) groups excluding carboxylic acids is 4. The Morgan fingerprint density at radius 2 is 1.34 bits per heavy atom. The van der Waals surface area contributed by atoms with E-state index in [4.69, 9.17) is 11.5 Å². The molecule has 0 aliphatic rings. The predicted octanol–water partition coefficient (Wildman–Crippen LogP) is -1.71. The second kappa shape index (κ2) is 14.9. The maximum Gasteiger partial charge on any atom is 0.326 e. The number of nitrogens with one attached hydrogen (secondary N) is 5. The molecular formula is C26H33N9O6. The Hall–Kier alpha value is -5.05. The van der Waals surface area contributed by atoms with Gasteiger partial charge in [-0.25, -0.2) is 14.8 Å². The van der Waals surface area contributed by atoms with Gasteiger partial charge in [-0.1, -0.05) is 30.3 Å². The number of H-pyrrole nitrogens is 2. The van der Waals surface area contributed by atoms with Gasteiger partial charge in [0.1, 0.15) is 18.1 Å². The molecule has 0 fully saturated rings. The van der Waals surface area contributed by atoms with E-state index in [2.05, 4.69) is 35.9 Å². The lowest BCUT2D eigenvalue weighted by atomic mass is 10.0. The molecule has 4 amide bonds. The molecule has 2 aromatic heterocycles. The van der Waals surface area contributed by atoms with Gasteiger partial charge in [0, 0.05) is 49.5 Å². The number of primary amides is 1. The number of carboxylic acid groups (broad SMARTS) is 1. The Balaban J connectivity index is 1.76. The lowest BCUT2D eigenvalue weighted by Crippen LogP contribution is -2.58. The zero-order valence-electron chi connectivity index (χ0n) is 22.1. The number of hydrogen-bond donors (Lipinski definition) is 8. The Labute approximate surface area is 234 Å². The van der Waals surface area contributed by atoms with E-state index in [1.165, 1.54) is 25.0 Å². The van der Waals surface area contributed by atoms with Crippen molar-refractivity contribution in [2.75, 3.05) is 0 Å². The molecule has 3 aromatic rings. The number of nitrogens with zero attached hydrogens (tertiary/aromatic N) is 2. The van der Waals surface area contributed by atoms with Crippen LogP contribution < -0.4 is 27.4 Å². The van der Waals surface area contributed by atoms with E-state index in [0.717, 1.165) is 5.56 Å². The normalized spacial score (nSPS) is 13.8. The SMILES string of the molecule is NC(=O)CCC(NC(=O)C(Cc1ccccc1)NC(=O)C(N)Cc1cnc[nH]1)C(=O)NC(Cc1cnc[nH]1)C(=O)O. The summed E-state index contributed by atoms with van der Waals surface area (Å²) >= 11 is 0. The number of nitrogens with two attached hydrogens (primary N) is 2. The lowest BCUT2D eigenvalue weighted by molar-refractivity contribution is -0.142. The Kier molecular flexibility index (Phi) is 11.1. The van der Waals surface area contributed by atoms with Crippen molar-refractivity contribution in [1.82, 2.24) is 35.9 Å². The van der Waals surface area contributed by atoms with E-state index in [-0.39, 0.29) is 32.1 Å². The summed E-state index contributed by atoms with van der Waals surface area (Å²) in [7, 11) is 0. The molecular weight excluding hydrogens is 534 g/mol. The van der Waals surface area contributed by atoms with Crippen molar-refractivity contribution in [2.45, 2.75) is 56.3 Å². The summed E-state index contributed by atoms with van der Waals surface area (Å²) in [6.07, 6.45) is 5.41. The molecule has 0 bridgehead atoms. The minimum Gasteiger partial charge on any atom is -0.480 e. The number of benzene rings is 1. The van der Waals surface area contributed by atoms with E-state index in [9.17, 15) is 29.1 Å². The van der Waals surface area contributed by atoms with Crippen molar-refractivity contribution in [3.8, 4) is 0 Å². The number of hydrogen-bond acceptors (Lipinski definition) is 8. The van der Waals surface area contributed by atoms with Gasteiger partial charge in [0.2, 0.25) is 23.6 Å². The van der Waals surface area contributed by atoms with Gasteiger partial charge in [0.05, 0.1) is 18.7 Å². The van der Waals surface area contributed by atoms with E-state index in [1.807, 2.05) is 0 Å². The highest BCUT2D eigenvalue weighted by Gasteiger charge is 2.31. The van der Waals surface area contributed by atoms with E-state index in [1.54, 1.807) is 30.3 Å². The number of carboxylic acids is 1. The minimum absolute atomic E-state index is 0.0664. The van der Waals surface area contributed by atoms with Gasteiger partial charge in [-0.3, -0.25) is 19.2 Å². The lowest BCUT2D eigenvalue weighted by Gasteiger charge is -2.25. The predicted molar refractivity (Wildman–Crippen MR) is 145 cm³/mol. The van der Waals surface area contributed by atoms with Gasteiger partial charge < -0.3 is 42.5 Å². The van der Waals surface area contributed by atoms with E-state index < -0.39 is 53.8 Å². The summed E-state index contributed by atoms with van der Waals surface area (Å²) in [6.45, 7) is 0. The number of aliphatic carboxylic acids is 1. The monoisotopic (exact) mass is 567 g/mol. The number of amides is 4. The van der Waals surface area contributed by atoms with Gasteiger partial charge >= 0.3 is 5.97 Å². The number of aromatic nitrogens is 4. The molecule has 2 heterocycles. The highest BCUT2D eigenvalue weighted by Crippen LogP contribution is 2.08. The van der Waals surface area contributed by atoms with Crippen molar-refractivity contribution in [3.63, 3.8) is 0 Å². The number of carbonyl (C=O) groups is 5. The Bertz CT molecular complexity index is 1300. The van der Waals surface area contributed by atoms with Crippen LogP contribution >= 0.6 is 0 Å². The third-order valence-electron chi connectivity index (χ3n) is 6.15. The third-order valence-corrected chi connectivity index (χ3v) is 6.15. The zero-order valence-corrected chi connectivity index (χ0v) is 22.1. The molecule has 0 radical (unpaired) electrons. The summed E-state index contributed by atoms with van der Waals surface area (Å²) in [4.78, 5) is 76.1. The number of aromatic amines is 2. The average Bonchev–Trinajstić information content (AvgIpc) is 3.65. The molecule has 3 rings (SSSR count). The quantitative estimate of drug-likeness (QED) is 0.0979. The van der Waals surface area contributed by atoms with E-state index >= 15 is 0 Å². The van der Waals surface area contributed by atoms with Crippen molar-refractivity contribution in [2.24, 2.45) is 11.5 Å². The van der Waals surface area contributed by atoms with Gasteiger partial charge in [0.25, 0.3) is 0 Å². The maximum atomic E-state index is 13.4. The molecule has 1 aromatic carbocycles. The van der Waals surface area contributed by atoms with Crippen LogP contribution in [-0.2, 0) is 43.2 Å². The molecule has 4 atom stereocenters. The van der Waals surface area contributed by atoms with Gasteiger partial charge in [-0.15, -0.1) is 0 Å². The molecule has 0 aliphatic heterocycles. The van der Waals surface area contributed by atoms with Crippen LogP contribution in [0.5, 0.6) is 0 Å². The topological polar surface area (TPSA) is 251 Å². The largest absolute Gasteiger partial charge is 0.480 e. The summed E-state index contributed by atoms with van der Waals surface area (Å²) in [5, 5.41) is 17.2. The third kappa shape index (κ3) is 9.89. The fraction of sp³-hybridized carbons (Fsp3) is 0.346. The van der Waals surface area contributed by atoms with Gasteiger partial charge in [0.15, 0.2) is 0 Å². The molecule has 41 heavy (non-hydrogen) atoms. The summed E-state index contributed by atoms with van der Waals surface area (Å²) in [6, 6.07) is 4.03. The van der Waals surface area contributed by atoms with Gasteiger partial charge in [-0.2, -0.15) is 0 Å². The van der Waals surface area contributed by atoms with Crippen molar-refractivity contribution in [3.05, 3.63) is 72.3 Å². The van der Waals surface area contributed by atoms with Crippen LogP contribution in [0.1, 0.15) is 29.8 Å². The Morgan fingerprint density at radius 1 is 0.780 bits per heavy atom. The molecule has 0 aliphatic carbocycles. The molecule has 0 saturated heterocycles. The van der Waals surface area contributed by atoms with Crippen LogP contribution in [0.4, 0.5) is 0 Å². The molecule has 0 spiro atoms. The van der Waals surface area contributed by atoms with Crippen LogP contribution in [0.3, 0.4) is 0 Å². The maximum absolute atomic E-state index is 13.4. The second-order valence-electron chi connectivity index (χ2n) is 9.38. The first-order valence-corrected chi connectivity index (χ1v) is 12.8. The molecule has 15 heteroatoms. The van der Waals surface area contributed by atoms with Crippen LogP contribution in [0.2, 0.25) is 0 Å². The van der Waals surface area contributed by atoms with Crippen LogP contribution in [0.25, 0.3) is 0 Å². The molecule has 218 valence electrons. The fourth-order valence-corrected chi connectivity index (χ4v) is 3.98. The van der Waals surface area contributed by atoms with Gasteiger partial charge in [-0.05, 0) is 12.0 Å². The summed E-state index contributed by atoms with van der Waals surface area (Å²) < 4.78 is 0. The van der Waals surface area contributed by atoms with Crippen molar-refractivity contribution >= 4 is 29.6 Å². The van der Waals surface area contributed by atoms with E-state index in [0.29, 0.717) is 11.4 Å². The second-order valence-corrected chi connectivity index (χ2v) is 9.38. The molecule has 4 unspecified atom stereocenters. The first-order chi connectivity index (χ1) is 19.6. The smallest absolute Gasteiger partial charge is 0.326 e. The Morgan fingerprint density at radius 3 is 1.90 bits per heavy atom. The summed E-state index contributed by atoms with van der Waals surface area (Å²) in [5.74, 6) is -4.22. The van der Waals surface area contributed by atoms with Crippen LogP contribution in [0.15, 0.2) is 55.4 Å². The number of rotatable bonds is 16. The fourth-order valence-electron chi connectivity index (χ4n) is 3.98. The molecule has 15 nitrogen and oxygen atoms in total. The first-order valence-electron chi connectivity index (χ1n) is 12.8. The van der Waals surface area contributed by atoms with Crippen molar-refractivity contribution < 1.29 is 29.1 Å². The minimum atomic E-state index is -1.35. The average molecular weight is 568 g/mol. The van der Waals surface area contributed by atoms with Crippen LogP contribution in [0, 0.1) is 0 Å². The van der Waals surface area contributed by atoms with Crippen molar-refractivity contribution in [1.29, 1.82) is 0 Å². The van der Waals surface area contributed by atoms with Crippen LogP contribution in [-0.4, -0.2) is 78.8 Å². The highest BCUT2D eigenvalue weighted by atomic mass is 16.4. The molecule has 0 saturated carbocycles. The first kappa shape index (κ1) is 30.5. The standard InChI is InChI=1S/C26H33N9O6/c27-18(9-16-11-29-13-31-16)23(37)34-20(8-15-4-2-1-3-5-15)25(39)33-19(6-7-22(28)36)24(38)35-21(26(40)41)10-17-12-30-14-32-17/h1-5,11-14,18-21H,6-10,27H2,(H2,28,36)(H,29,31)(H,30,32)(H,33,39)(H,34,37)(H,35,38)(H,40,41). The molecule has 10 N–H and O–H groups in total. The zero-order chi connectivity index (χ0) is 29.8.